The van der Waals surface area contributed by atoms with Gasteiger partial charge in [-0.05, 0) is 93.3 Å². The van der Waals surface area contributed by atoms with Gasteiger partial charge in [-0.25, -0.2) is 0 Å². The van der Waals surface area contributed by atoms with Crippen LogP contribution in [0.25, 0.3) is 0 Å². The molecule has 4 aliphatic carbocycles. The molecule has 7 fully saturated rings. The smallest absolute Gasteiger partial charge is 0.309 e. The van der Waals surface area contributed by atoms with Crippen molar-refractivity contribution in [2.24, 2.45) is 46.3 Å². The molecule has 0 bridgehead atoms. The summed E-state index contributed by atoms with van der Waals surface area (Å²) in [5.41, 5.74) is 0.0331. The SMILES string of the molecule is CC1OC(OC2CC3C(CCC4(C)C3CC3OC(=O)C(C)C34)C3(C)CCC(O)CC23)CC(OC2OC(C)C(O)C(O)C2O)C1O. The van der Waals surface area contributed by atoms with Crippen molar-refractivity contribution in [1.29, 1.82) is 0 Å². The summed E-state index contributed by atoms with van der Waals surface area (Å²) in [6, 6.07) is 0. The Hall–Kier alpha value is -0.890. The topological polar surface area (TPSA) is 164 Å². The van der Waals surface area contributed by atoms with Crippen LogP contribution in [0, 0.1) is 46.3 Å². The lowest BCUT2D eigenvalue weighted by Crippen LogP contribution is -2.61. The van der Waals surface area contributed by atoms with Crippen molar-refractivity contribution in [3.05, 3.63) is 0 Å². The van der Waals surface area contributed by atoms with E-state index in [2.05, 4.69) is 13.8 Å². The fraction of sp³-hybridized carbons (Fsp3) is 0.971. The quantitative estimate of drug-likeness (QED) is 0.226. The van der Waals surface area contributed by atoms with Crippen LogP contribution < -0.4 is 0 Å². The maximum absolute atomic E-state index is 12.5. The van der Waals surface area contributed by atoms with Crippen molar-refractivity contribution in [1.82, 2.24) is 0 Å². The number of fused-ring (bicyclic) bond motifs is 7. The van der Waals surface area contributed by atoms with E-state index in [9.17, 15) is 30.3 Å². The number of rotatable bonds is 4. The van der Waals surface area contributed by atoms with E-state index in [1.165, 1.54) is 0 Å². The van der Waals surface area contributed by atoms with Gasteiger partial charge in [-0.1, -0.05) is 20.8 Å². The van der Waals surface area contributed by atoms with Gasteiger partial charge < -0.3 is 49.2 Å². The minimum absolute atomic E-state index is 0.00298. The van der Waals surface area contributed by atoms with Crippen LogP contribution in [-0.2, 0) is 28.5 Å². The van der Waals surface area contributed by atoms with Gasteiger partial charge in [0.1, 0.15) is 30.5 Å². The average molecular weight is 639 g/mol. The highest BCUT2D eigenvalue weighted by Crippen LogP contribution is 2.69. The molecule has 7 rings (SSSR count). The summed E-state index contributed by atoms with van der Waals surface area (Å²) in [6.07, 6.45) is -3.28. The molecule has 11 nitrogen and oxygen atoms in total. The summed E-state index contributed by atoms with van der Waals surface area (Å²) >= 11 is 0. The molecule has 3 aliphatic heterocycles. The van der Waals surface area contributed by atoms with Crippen molar-refractivity contribution < 1.29 is 54.0 Å². The van der Waals surface area contributed by atoms with Crippen LogP contribution in [0.1, 0.15) is 86.0 Å². The lowest BCUT2D eigenvalue weighted by Gasteiger charge is -2.63. The largest absolute Gasteiger partial charge is 0.462 e. The summed E-state index contributed by atoms with van der Waals surface area (Å²) in [5, 5.41) is 52.8. The molecule has 256 valence electrons. The number of esters is 1. The van der Waals surface area contributed by atoms with Crippen molar-refractivity contribution in [2.75, 3.05) is 0 Å². The highest BCUT2D eigenvalue weighted by molar-refractivity contribution is 5.75. The zero-order chi connectivity index (χ0) is 32.2. The molecule has 0 spiro atoms. The van der Waals surface area contributed by atoms with E-state index >= 15 is 0 Å². The summed E-state index contributed by atoms with van der Waals surface area (Å²) in [5.74, 6) is 1.60. The van der Waals surface area contributed by atoms with Crippen LogP contribution in [0.2, 0.25) is 0 Å². The van der Waals surface area contributed by atoms with E-state index in [1.807, 2.05) is 6.92 Å². The Balaban J connectivity index is 1.12. The summed E-state index contributed by atoms with van der Waals surface area (Å²) in [6.45, 7) is 10.2. The molecule has 0 aromatic heterocycles. The van der Waals surface area contributed by atoms with Gasteiger partial charge in [0.2, 0.25) is 0 Å². The van der Waals surface area contributed by atoms with Crippen LogP contribution in [0.15, 0.2) is 0 Å². The Labute approximate surface area is 265 Å². The number of aliphatic hydroxyl groups is 5. The number of ether oxygens (including phenoxy) is 5. The summed E-state index contributed by atoms with van der Waals surface area (Å²) in [7, 11) is 0. The Morgan fingerprint density at radius 2 is 1.42 bits per heavy atom. The van der Waals surface area contributed by atoms with Gasteiger partial charge in [-0.2, -0.15) is 0 Å². The summed E-state index contributed by atoms with van der Waals surface area (Å²) in [4.78, 5) is 12.5. The second kappa shape index (κ2) is 11.6. The fourth-order valence-electron chi connectivity index (χ4n) is 11.6. The maximum atomic E-state index is 12.5. The first-order valence-electron chi connectivity index (χ1n) is 17.5. The van der Waals surface area contributed by atoms with E-state index < -0.39 is 55.3 Å². The lowest BCUT2D eigenvalue weighted by molar-refractivity contribution is -0.339. The first kappa shape index (κ1) is 32.6. The Bertz CT molecular complexity index is 1120. The lowest BCUT2D eigenvalue weighted by atomic mass is 9.43. The molecule has 4 saturated carbocycles. The minimum Gasteiger partial charge on any atom is -0.462 e. The summed E-state index contributed by atoms with van der Waals surface area (Å²) < 4.78 is 30.8. The van der Waals surface area contributed by atoms with E-state index in [1.54, 1.807) is 13.8 Å². The molecular formula is C34H54O11. The van der Waals surface area contributed by atoms with E-state index in [0.717, 1.165) is 38.5 Å². The Morgan fingerprint density at radius 1 is 0.711 bits per heavy atom. The van der Waals surface area contributed by atoms with Gasteiger partial charge >= 0.3 is 5.97 Å². The van der Waals surface area contributed by atoms with Crippen LogP contribution >= 0.6 is 0 Å². The second-order valence-electron chi connectivity index (χ2n) is 16.3. The molecule has 0 radical (unpaired) electrons. The minimum atomic E-state index is -1.48. The van der Waals surface area contributed by atoms with Crippen LogP contribution in [-0.4, -0.2) is 105 Å². The highest BCUT2D eigenvalue weighted by atomic mass is 16.7. The predicted molar refractivity (Wildman–Crippen MR) is 158 cm³/mol. The van der Waals surface area contributed by atoms with E-state index in [-0.39, 0.29) is 59.3 Å². The zero-order valence-electron chi connectivity index (χ0n) is 27.2. The van der Waals surface area contributed by atoms with Gasteiger partial charge in [0.05, 0.1) is 36.4 Å². The molecule has 20 unspecified atom stereocenters. The predicted octanol–water partition coefficient (Wildman–Crippen LogP) is 1.88. The number of aliphatic hydroxyl groups excluding tert-OH is 5. The van der Waals surface area contributed by atoms with E-state index in [4.69, 9.17) is 23.7 Å². The van der Waals surface area contributed by atoms with Crippen molar-refractivity contribution >= 4 is 5.97 Å². The number of carbonyl (C=O) groups is 1. The molecule has 0 amide bonds. The van der Waals surface area contributed by atoms with Crippen molar-refractivity contribution in [3.63, 3.8) is 0 Å². The third kappa shape index (κ3) is 5.14. The number of hydrogen-bond donors (Lipinski definition) is 5. The molecule has 20 atom stereocenters. The number of carbonyl (C=O) groups excluding carboxylic acids is 1. The highest BCUT2D eigenvalue weighted by Gasteiger charge is 2.67. The number of hydrogen-bond acceptors (Lipinski definition) is 11. The first-order chi connectivity index (χ1) is 21.2. The third-order valence-electron chi connectivity index (χ3n) is 14.0. The van der Waals surface area contributed by atoms with Gasteiger partial charge in [0.25, 0.3) is 0 Å². The monoisotopic (exact) mass is 638 g/mol. The van der Waals surface area contributed by atoms with Crippen LogP contribution in [0.4, 0.5) is 0 Å². The third-order valence-corrected chi connectivity index (χ3v) is 14.0. The standard InChI is InChI=1S/C34H54O11/c1-14-26-23(44-31(14)40)12-20-18-11-22(21-10-17(35)6-8-33(21,4)19(18)7-9-34(20,26)5)43-25-13-24(27(36)15(2)41-25)45-32-30(39)29(38)28(37)16(3)42-32/h14-30,32,35-39H,6-13H2,1-5H3. The first-order valence-corrected chi connectivity index (χ1v) is 17.5. The molecule has 11 heteroatoms. The molecule has 3 saturated heterocycles. The molecule has 45 heavy (non-hydrogen) atoms. The maximum Gasteiger partial charge on any atom is 0.309 e. The van der Waals surface area contributed by atoms with Crippen LogP contribution in [0.3, 0.4) is 0 Å². The van der Waals surface area contributed by atoms with E-state index in [0.29, 0.717) is 24.2 Å². The van der Waals surface area contributed by atoms with Crippen molar-refractivity contribution in [3.8, 4) is 0 Å². The molecule has 0 aromatic carbocycles. The van der Waals surface area contributed by atoms with Gasteiger partial charge in [-0.15, -0.1) is 0 Å². The molecule has 0 aromatic rings. The second-order valence-corrected chi connectivity index (χ2v) is 16.3. The Morgan fingerprint density at radius 3 is 2.18 bits per heavy atom. The zero-order valence-corrected chi connectivity index (χ0v) is 27.2. The molecule has 7 aliphatic rings. The van der Waals surface area contributed by atoms with Gasteiger partial charge in [0.15, 0.2) is 12.6 Å². The molecule has 5 N–H and O–H groups in total. The van der Waals surface area contributed by atoms with Gasteiger partial charge in [-0.3, -0.25) is 4.79 Å². The average Bonchev–Trinajstić information content (AvgIpc) is 3.45. The Kier molecular flexibility index (Phi) is 8.43. The molecular weight excluding hydrogens is 584 g/mol. The van der Waals surface area contributed by atoms with Gasteiger partial charge in [0, 0.05) is 12.3 Å². The normalized spacial score (nSPS) is 59.5. The molecule has 3 heterocycles. The van der Waals surface area contributed by atoms with Crippen LogP contribution in [0.5, 0.6) is 0 Å². The van der Waals surface area contributed by atoms with Crippen molar-refractivity contribution in [2.45, 2.75) is 160 Å². The fourth-order valence-corrected chi connectivity index (χ4v) is 11.6.